The van der Waals surface area contributed by atoms with Gasteiger partial charge in [-0.3, -0.25) is 0 Å². The van der Waals surface area contributed by atoms with Gasteiger partial charge in [-0.1, -0.05) is 20.8 Å². The first-order valence-electron chi connectivity index (χ1n) is 5.35. The Labute approximate surface area is 90.5 Å². The molecule has 1 aromatic rings. The molecule has 0 atom stereocenters. The Kier molecular flexibility index (Phi) is 2.61. The van der Waals surface area contributed by atoms with Crippen molar-refractivity contribution in [3.63, 3.8) is 0 Å². The molecule has 15 heavy (non-hydrogen) atoms. The van der Waals surface area contributed by atoms with E-state index in [-0.39, 0.29) is 5.41 Å². The summed E-state index contributed by atoms with van der Waals surface area (Å²) in [6.45, 7) is 8.49. The number of anilines is 1. The standard InChI is InChI=1S/C11H18N4/c1-11(2,3)8-4-13-10(14-5-8)15-9-6-12-7-9/h4-5,9,12H,6-7H2,1-3H3,(H,13,14,15). The molecule has 1 aromatic heterocycles. The molecule has 0 spiro atoms. The zero-order valence-electron chi connectivity index (χ0n) is 9.54. The van der Waals surface area contributed by atoms with Gasteiger partial charge < -0.3 is 10.6 Å². The van der Waals surface area contributed by atoms with Crippen LogP contribution in [0, 0.1) is 0 Å². The first-order chi connectivity index (χ1) is 7.05. The fraction of sp³-hybridized carbons (Fsp3) is 0.636. The van der Waals surface area contributed by atoms with Crippen LogP contribution in [-0.4, -0.2) is 29.1 Å². The van der Waals surface area contributed by atoms with Crippen molar-refractivity contribution in [2.24, 2.45) is 0 Å². The third-order valence-electron chi connectivity index (χ3n) is 2.63. The van der Waals surface area contributed by atoms with Crippen molar-refractivity contribution in [1.29, 1.82) is 0 Å². The molecule has 2 heterocycles. The second-order valence-corrected chi connectivity index (χ2v) is 5.04. The van der Waals surface area contributed by atoms with Crippen molar-refractivity contribution in [2.75, 3.05) is 18.4 Å². The van der Waals surface area contributed by atoms with Crippen LogP contribution in [0.15, 0.2) is 12.4 Å². The minimum Gasteiger partial charge on any atom is -0.349 e. The number of nitrogens with one attached hydrogen (secondary N) is 2. The van der Waals surface area contributed by atoms with Gasteiger partial charge in [0, 0.05) is 25.5 Å². The van der Waals surface area contributed by atoms with E-state index in [2.05, 4.69) is 41.4 Å². The van der Waals surface area contributed by atoms with Crippen LogP contribution in [0.2, 0.25) is 0 Å². The monoisotopic (exact) mass is 206 g/mol. The van der Waals surface area contributed by atoms with E-state index < -0.39 is 0 Å². The minimum absolute atomic E-state index is 0.122. The van der Waals surface area contributed by atoms with E-state index in [1.165, 1.54) is 5.56 Å². The second-order valence-electron chi connectivity index (χ2n) is 5.04. The highest BCUT2D eigenvalue weighted by Crippen LogP contribution is 2.20. The predicted octanol–water partition coefficient (Wildman–Crippen LogP) is 1.16. The average Bonchev–Trinajstić information content (AvgIpc) is 2.11. The molecule has 0 bridgehead atoms. The lowest BCUT2D eigenvalue weighted by Crippen LogP contribution is -2.51. The molecule has 0 amide bonds. The van der Waals surface area contributed by atoms with Crippen LogP contribution in [-0.2, 0) is 5.41 Å². The van der Waals surface area contributed by atoms with E-state index in [1.807, 2.05) is 12.4 Å². The van der Waals surface area contributed by atoms with Crippen molar-refractivity contribution < 1.29 is 0 Å². The average molecular weight is 206 g/mol. The summed E-state index contributed by atoms with van der Waals surface area (Å²) >= 11 is 0. The van der Waals surface area contributed by atoms with Gasteiger partial charge in [0.1, 0.15) is 0 Å². The predicted molar refractivity (Wildman–Crippen MR) is 61.0 cm³/mol. The maximum Gasteiger partial charge on any atom is 0.222 e. The Balaban J connectivity index is 2.03. The Morgan fingerprint density at radius 1 is 1.27 bits per heavy atom. The highest BCUT2D eigenvalue weighted by Gasteiger charge is 2.18. The first kappa shape index (κ1) is 10.4. The van der Waals surface area contributed by atoms with Crippen LogP contribution >= 0.6 is 0 Å². The van der Waals surface area contributed by atoms with Crippen molar-refractivity contribution >= 4 is 5.95 Å². The highest BCUT2D eigenvalue weighted by molar-refractivity contribution is 5.29. The van der Waals surface area contributed by atoms with Crippen LogP contribution in [0.5, 0.6) is 0 Å². The van der Waals surface area contributed by atoms with Gasteiger partial charge in [0.15, 0.2) is 0 Å². The van der Waals surface area contributed by atoms with Crippen LogP contribution in [0.1, 0.15) is 26.3 Å². The smallest absolute Gasteiger partial charge is 0.222 e. The molecule has 1 saturated heterocycles. The lowest BCUT2D eigenvalue weighted by molar-refractivity contribution is 0.469. The van der Waals surface area contributed by atoms with Gasteiger partial charge in [-0.2, -0.15) is 0 Å². The summed E-state index contributed by atoms with van der Waals surface area (Å²) in [6, 6.07) is 0.491. The fourth-order valence-corrected chi connectivity index (χ4v) is 1.36. The minimum atomic E-state index is 0.122. The summed E-state index contributed by atoms with van der Waals surface area (Å²) in [4.78, 5) is 8.63. The molecule has 0 aliphatic carbocycles. The van der Waals surface area contributed by atoms with Crippen LogP contribution < -0.4 is 10.6 Å². The molecule has 0 radical (unpaired) electrons. The normalized spacial score (nSPS) is 17.3. The van der Waals surface area contributed by atoms with Gasteiger partial charge >= 0.3 is 0 Å². The Morgan fingerprint density at radius 2 is 1.87 bits per heavy atom. The van der Waals surface area contributed by atoms with Crippen molar-refractivity contribution in [2.45, 2.75) is 32.2 Å². The third kappa shape index (κ3) is 2.45. The second kappa shape index (κ2) is 3.77. The summed E-state index contributed by atoms with van der Waals surface area (Å²) in [5.41, 5.74) is 1.29. The first-order valence-corrected chi connectivity index (χ1v) is 5.35. The summed E-state index contributed by atoms with van der Waals surface area (Å²) in [5, 5.41) is 6.47. The molecule has 0 unspecified atom stereocenters. The molecule has 4 heteroatoms. The topological polar surface area (TPSA) is 49.8 Å². The zero-order valence-corrected chi connectivity index (χ0v) is 9.54. The summed E-state index contributed by atoms with van der Waals surface area (Å²) in [5.74, 6) is 0.731. The Morgan fingerprint density at radius 3 is 2.27 bits per heavy atom. The molecule has 82 valence electrons. The van der Waals surface area contributed by atoms with Gasteiger partial charge in [-0.05, 0) is 11.0 Å². The molecule has 0 aromatic carbocycles. The molecule has 1 aliphatic heterocycles. The molecule has 0 saturated carbocycles. The van der Waals surface area contributed by atoms with Gasteiger partial charge in [-0.15, -0.1) is 0 Å². The van der Waals surface area contributed by atoms with E-state index in [9.17, 15) is 0 Å². The van der Waals surface area contributed by atoms with E-state index >= 15 is 0 Å². The van der Waals surface area contributed by atoms with Crippen molar-refractivity contribution in [1.82, 2.24) is 15.3 Å². The van der Waals surface area contributed by atoms with E-state index in [1.54, 1.807) is 0 Å². The van der Waals surface area contributed by atoms with Crippen LogP contribution in [0.25, 0.3) is 0 Å². The van der Waals surface area contributed by atoms with Gasteiger partial charge in [0.25, 0.3) is 0 Å². The summed E-state index contributed by atoms with van der Waals surface area (Å²) in [6.07, 6.45) is 3.81. The molecule has 2 rings (SSSR count). The number of hydrogen-bond acceptors (Lipinski definition) is 4. The van der Waals surface area contributed by atoms with Crippen LogP contribution in [0.4, 0.5) is 5.95 Å². The fourth-order valence-electron chi connectivity index (χ4n) is 1.36. The molecular formula is C11H18N4. The lowest BCUT2D eigenvalue weighted by Gasteiger charge is -2.28. The Hall–Kier alpha value is -1.16. The molecule has 1 fully saturated rings. The number of hydrogen-bond donors (Lipinski definition) is 2. The summed E-state index contributed by atoms with van der Waals surface area (Å²) < 4.78 is 0. The third-order valence-corrected chi connectivity index (χ3v) is 2.63. The number of rotatable bonds is 2. The summed E-state index contributed by atoms with van der Waals surface area (Å²) in [7, 11) is 0. The van der Waals surface area contributed by atoms with Crippen molar-refractivity contribution in [3.8, 4) is 0 Å². The van der Waals surface area contributed by atoms with Crippen molar-refractivity contribution in [3.05, 3.63) is 18.0 Å². The van der Waals surface area contributed by atoms with Crippen LogP contribution in [0.3, 0.4) is 0 Å². The molecule has 2 N–H and O–H groups in total. The zero-order chi connectivity index (χ0) is 10.9. The highest BCUT2D eigenvalue weighted by atomic mass is 15.2. The molecule has 1 aliphatic rings. The van der Waals surface area contributed by atoms with E-state index in [0.29, 0.717) is 6.04 Å². The Bertz CT molecular complexity index is 321. The maximum absolute atomic E-state index is 4.32. The van der Waals surface area contributed by atoms with Gasteiger partial charge in [0.05, 0.1) is 6.04 Å². The number of nitrogens with zero attached hydrogens (tertiary/aromatic N) is 2. The molecule has 4 nitrogen and oxygen atoms in total. The quantitative estimate of drug-likeness (QED) is 0.762. The van der Waals surface area contributed by atoms with E-state index in [4.69, 9.17) is 0 Å². The maximum atomic E-state index is 4.32. The number of aromatic nitrogens is 2. The SMILES string of the molecule is CC(C)(C)c1cnc(NC2CNC2)nc1. The van der Waals surface area contributed by atoms with E-state index in [0.717, 1.165) is 19.0 Å². The van der Waals surface area contributed by atoms with Gasteiger partial charge in [-0.25, -0.2) is 9.97 Å². The molecular weight excluding hydrogens is 188 g/mol. The lowest BCUT2D eigenvalue weighted by atomic mass is 9.89. The van der Waals surface area contributed by atoms with Gasteiger partial charge in [0.2, 0.25) is 5.95 Å². The largest absolute Gasteiger partial charge is 0.349 e.